The molecule has 5 heteroatoms. The average molecular weight is 299 g/mol. The Morgan fingerprint density at radius 1 is 1.18 bits per heavy atom. The van der Waals surface area contributed by atoms with Gasteiger partial charge >= 0.3 is 0 Å². The quantitative estimate of drug-likeness (QED) is 0.658. The van der Waals surface area contributed by atoms with Gasteiger partial charge in [0.15, 0.2) is 0 Å². The van der Waals surface area contributed by atoms with Crippen LogP contribution >= 0.6 is 0 Å². The Bertz CT molecular complexity index is 727. The SMILES string of the molecule is Cc1ccccc1N1C(=O)[C@@H]2[C@@H](C1=O)[C@]1(C)C=C[C@]2(CO)O1. The highest BCUT2D eigenvalue weighted by Crippen LogP contribution is 2.57. The first-order chi connectivity index (χ1) is 10.4. The number of amides is 2. The van der Waals surface area contributed by atoms with Gasteiger partial charge in [-0.25, -0.2) is 4.90 Å². The van der Waals surface area contributed by atoms with E-state index < -0.39 is 23.0 Å². The van der Waals surface area contributed by atoms with E-state index >= 15 is 0 Å². The van der Waals surface area contributed by atoms with Crippen LogP contribution in [0.3, 0.4) is 0 Å². The number of hydrogen-bond acceptors (Lipinski definition) is 4. The summed E-state index contributed by atoms with van der Waals surface area (Å²) in [5.74, 6) is -1.76. The zero-order chi connectivity index (χ0) is 15.7. The number of fused-ring (bicyclic) bond motifs is 5. The maximum atomic E-state index is 12.9. The summed E-state index contributed by atoms with van der Waals surface area (Å²) in [5, 5.41) is 9.76. The maximum absolute atomic E-state index is 12.9. The van der Waals surface area contributed by atoms with Crippen LogP contribution in [0.1, 0.15) is 12.5 Å². The summed E-state index contributed by atoms with van der Waals surface area (Å²) in [7, 11) is 0. The number of carbonyl (C=O) groups excluding carboxylic acids is 2. The molecule has 2 bridgehead atoms. The van der Waals surface area contributed by atoms with E-state index in [4.69, 9.17) is 4.74 Å². The smallest absolute Gasteiger partial charge is 0.241 e. The minimum Gasteiger partial charge on any atom is -0.393 e. The number of benzene rings is 1. The van der Waals surface area contributed by atoms with Crippen molar-refractivity contribution in [3.05, 3.63) is 42.0 Å². The summed E-state index contributed by atoms with van der Waals surface area (Å²) in [4.78, 5) is 27.1. The number of carbonyl (C=O) groups is 2. The predicted octanol–water partition coefficient (Wildman–Crippen LogP) is 1.19. The van der Waals surface area contributed by atoms with Gasteiger partial charge in [0, 0.05) is 0 Å². The Morgan fingerprint density at radius 2 is 1.86 bits per heavy atom. The molecule has 3 aliphatic heterocycles. The fourth-order valence-electron chi connectivity index (χ4n) is 4.09. The Morgan fingerprint density at radius 3 is 2.55 bits per heavy atom. The van der Waals surface area contributed by atoms with Crippen LogP contribution in [0.4, 0.5) is 5.69 Å². The molecule has 0 radical (unpaired) electrons. The molecule has 3 aliphatic rings. The highest BCUT2D eigenvalue weighted by molar-refractivity contribution is 6.23. The molecule has 1 N–H and O–H groups in total. The summed E-state index contributed by atoms with van der Waals surface area (Å²) in [5.41, 5.74) is -0.405. The second kappa shape index (κ2) is 4.06. The molecule has 0 saturated carbocycles. The first-order valence-corrected chi connectivity index (χ1v) is 7.38. The van der Waals surface area contributed by atoms with Gasteiger partial charge in [0.2, 0.25) is 11.8 Å². The van der Waals surface area contributed by atoms with Gasteiger partial charge in [-0.3, -0.25) is 9.59 Å². The molecule has 3 heterocycles. The first-order valence-electron chi connectivity index (χ1n) is 7.38. The van der Waals surface area contributed by atoms with E-state index in [1.807, 2.05) is 25.1 Å². The van der Waals surface area contributed by atoms with Crippen LogP contribution in [0.15, 0.2) is 36.4 Å². The largest absolute Gasteiger partial charge is 0.393 e. The number of aryl methyl sites for hydroxylation is 1. The molecule has 0 aromatic heterocycles. The van der Waals surface area contributed by atoms with Crippen molar-refractivity contribution in [3.63, 3.8) is 0 Å². The molecule has 114 valence electrons. The average Bonchev–Trinajstić information content (AvgIpc) is 3.07. The van der Waals surface area contributed by atoms with Gasteiger partial charge in [-0.05, 0) is 25.5 Å². The van der Waals surface area contributed by atoms with Crippen LogP contribution < -0.4 is 4.90 Å². The van der Waals surface area contributed by atoms with E-state index in [1.165, 1.54) is 4.90 Å². The first kappa shape index (κ1) is 13.7. The molecule has 4 rings (SSSR count). The van der Waals surface area contributed by atoms with Crippen LogP contribution in [0.2, 0.25) is 0 Å². The summed E-state index contributed by atoms with van der Waals surface area (Å²) in [6.07, 6.45) is 3.54. The second-order valence-corrected chi connectivity index (χ2v) is 6.49. The van der Waals surface area contributed by atoms with Gasteiger partial charge in [-0.15, -0.1) is 0 Å². The molecule has 4 atom stereocenters. The number of imide groups is 1. The van der Waals surface area contributed by atoms with E-state index in [0.29, 0.717) is 5.69 Å². The van der Waals surface area contributed by atoms with Crippen molar-refractivity contribution in [3.8, 4) is 0 Å². The molecule has 22 heavy (non-hydrogen) atoms. The standard InChI is InChI=1S/C17H17NO4/c1-10-5-3-4-6-11(10)18-14(20)12-13(15(18)21)17(9-19)8-7-16(12,2)22-17/h3-8,12-13,19H,9H2,1-2H3/t12-,13-,16-,17+/m0/s1. The van der Waals surface area contributed by atoms with Crippen molar-refractivity contribution in [2.45, 2.75) is 25.0 Å². The number of aliphatic hydroxyl groups excluding tert-OH is 1. The third-order valence-electron chi connectivity index (χ3n) is 5.16. The van der Waals surface area contributed by atoms with Crippen LogP contribution in [-0.2, 0) is 14.3 Å². The Balaban J connectivity index is 1.84. The molecule has 1 aromatic rings. The van der Waals surface area contributed by atoms with Crippen molar-refractivity contribution in [1.29, 1.82) is 0 Å². The van der Waals surface area contributed by atoms with Crippen LogP contribution in [0.25, 0.3) is 0 Å². The lowest BCUT2D eigenvalue weighted by atomic mass is 9.73. The third kappa shape index (κ3) is 1.40. The number of anilines is 1. The molecule has 5 nitrogen and oxygen atoms in total. The van der Waals surface area contributed by atoms with Crippen molar-refractivity contribution >= 4 is 17.5 Å². The molecular formula is C17H17NO4. The molecule has 0 aliphatic carbocycles. The van der Waals surface area contributed by atoms with Gasteiger partial charge in [0.25, 0.3) is 0 Å². The van der Waals surface area contributed by atoms with Crippen molar-refractivity contribution < 1.29 is 19.4 Å². The van der Waals surface area contributed by atoms with Crippen molar-refractivity contribution in [2.24, 2.45) is 11.8 Å². The van der Waals surface area contributed by atoms with Gasteiger partial charge in [0.1, 0.15) is 5.60 Å². The van der Waals surface area contributed by atoms with Gasteiger partial charge < -0.3 is 9.84 Å². The minimum atomic E-state index is -1.07. The van der Waals surface area contributed by atoms with Gasteiger partial charge in [-0.1, -0.05) is 30.4 Å². The summed E-state index contributed by atoms with van der Waals surface area (Å²) >= 11 is 0. The topological polar surface area (TPSA) is 66.8 Å². The van der Waals surface area contributed by atoms with Gasteiger partial charge in [0.05, 0.1) is 29.7 Å². The van der Waals surface area contributed by atoms with E-state index in [9.17, 15) is 14.7 Å². The van der Waals surface area contributed by atoms with Gasteiger partial charge in [-0.2, -0.15) is 0 Å². The fraction of sp³-hybridized carbons (Fsp3) is 0.412. The highest BCUT2D eigenvalue weighted by Gasteiger charge is 2.72. The number of aliphatic hydroxyl groups is 1. The Hall–Kier alpha value is -1.98. The lowest BCUT2D eigenvalue weighted by Gasteiger charge is -2.27. The van der Waals surface area contributed by atoms with E-state index in [2.05, 4.69) is 0 Å². The normalized spacial score (nSPS) is 39.0. The summed E-state index contributed by atoms with van der Waals surface area (Å²) < 4.78 is 5.89. The zero-order valence-corrected chi connectivity index (χ0v) is 12.4. The van der Waals surface area contributed by atoms with E-state index in [1.54, 1.807) is 25.1 Å². The molecule has 2 fully saturated rings. The Kier molecular flexibility index (Phi) is 2.52. The lowest BCUT2D eigenvalue weighted by Crippen LogP contribution is -2.43. The maximum Gasteiger partial charge on any atom is 0.241 e. The van der Waals surface area contributed by atoms with Crippen LogP contribution in [0.5, 0.6) is 0 Å². The second-order valence-electron chi connectivity index (χ2n) is 6.49. The van der Waals surface area contributed by atoms with Crippen LogP contribution in [0, 0.1) is 18.8 Å². The third-order valence-corrected chi connectivity index (χ3v) is 5.16. The van der Waals surface area contributed by atoms with E-state index in [0.717, 1.165) is 5.56 Å². The number of para-hydroxylation sites is 1. The summed E-state index contributed by atoms with van der Waals surface area (Å²) in [6, 6.07) is 7.33. The molecule has 1 aromatic carbocycles. The van der Waals surface area contributed by atoms with E-state index in [-0.39, 0.29) is 18.4 Å². The number of hydrogen-bond donors (Lipinski definition) is 1. The van der Waals surface area contributed by atoms with Crippen molar-refractivity contribution in [1.82, 2.24) is 0 Å². The van der Waals surface area contributed by atoms with Crippen molar-refractivity contribution in [2.75, 3.05) is 11.5 Å². The fourth-order valence-corrected chi connectivity index (χ4v) is 4.09. The predicted molar refractivity (Wildman–Crippen MR) is 79.1 cm³/mol. The molecule has 0 unspecified atom stereocenters. The summed E-state index contributed by atoms with van der Waals surface area (Å²) in [6.45, 7) is 3.37. The number of ether oxygens (including phenoxy) is 1. The lowest BCUT2D eigenvalue weighted by molar-refractivity contribution is -0.131. The Labute approximate surface area is 128 Å². The molecule has 2 saturated heterocycles. The minimum absolute atomic E-state index is 0.244. The molecular weight excluding hydrogens is 282 g/mol. The number of rotatable bonds is 2. The monoisotopic (exact) mass is 299 g/mol. The molecule has 0 spiro atoms. The van der Waals surface area contributed by atoms with Crippen LogP contribution in [-0.4, -0.2) is 34.7 Å². The molecule has 2 amide bonds. The highest BCUT2D eigenvalue weighted by atomic mass is 16.5. The zero-order valence-electron chi connectivity index (χ0n) is 12.4. The number of nitrogens with zero attached hydrogens (tertiary/aromatic N) is 1.